The maximum atomic E-state index is 8.82. The quantitative estimate of drug-likeness (QED) is 0.830. The fourth-order valence-electron chi connectivity index (χ4n) is 1.29. The Kier molecular flexibility index (Phi) is 2.69. The molecule has 0 radical (unpaired) electrons. The number of hydrogen-bond donors (Lipinski definition) is 1. The van der Waals surface area contributed by atoms with Crippen LogP contribution in [0.1, 0.15) is 5.89 Å². The zero-order valence-corrected chi connectivity index (χ0v) is 8.30. The maximum absolute atomic E-state index is 8.82. The topological polar surface area (TPSA) is 55.5 Å². The molecule has 2 aromatic rings. The molecule has 4 nitrogen and oxygen atoms in total. The van der Waals surface area contributed by atoms with E-state index in [9.17, 15) is 0 Å². The van der Waals surface area contributed by atoms with Crippen molar-refractivity contribution < 1.29 is 14.3 Å². The summed E-state index contributed by atoms with van der Waals surface area (Å²) in [5, 5.41) is 8.82. The molecule has 4 heteroatoms. The molecule has 0 aliphatic carbocycles. The second kappa shape index (κ2) is 4.14. The number of rotatable bonds is 3. The molecule has 1 aromatic carbocycles. The molecule has 1 aromatic heterocycles. The van der Waals surface area contributed by atoms with Crippen molar-refractivity contribution in [1.29, 1.82) is 0 Å². The first-order chi connectivity index (χ1) is 7.33. The molecule has 15 heavy (non-hydrogen) atoms. The predicted molar refractivity (Wildman–Crippen MR) is 54.4 cm³/mol. The third-order valence-corrected chi connectivity index (χ3v) is 2.04. The maximum Gasteiger partial charge on any atom is 0.220 e. The van der Waals surface area contributed by atoms with Gasteiger partial charge in [-0.2, -0.15) is 0 Å². The zero-order valence-electron chi connectivity index (χ0n) is 8.30. The molecule has 0 saturated carbocycles. The Morgan fingerprint density at radius 2 is 2.33 bits per heavy atom. The summed E-state index contributed by atoms with van der Waals surface area (Å²) in [6, 6.07) is 7.47. The summed E-state index contributed by atoms with van der Waals surface area (Å²) in [5.41, 5.74) is 0.876. The van der Waals surface area contributed by atoms with Crippen LogP contribution < -0.4 is 4.74 Å². The van der Waals surface area contributed by atoms with Gasteiger partial charge in [0, 0.05) is 5.56 Å². The highest BCUT2D eigenvalue weighted by atomic mass is 16.5. The number of hydrogen-bond acceptors (Lipinski definition) is 4. The van der Waals surface area contributed by atoms with Crippen LogP contribution >= 0.6 is 0 Å². The molecule has 1 N–H and O–H groups in total. The number of aliphatic hydroxyl groups excluding tert-OH is 1. The number of oxazole rings is 1. The first-order valence-corrected chi connectivity index (χ1v) is 4.53. The number of aliphatic hydroxyl groups is 1. The molecule has 0 atom stereocenters. The van der Waals surface area contributed by atoms with Crippen LogP contribution in [-0.2, 0) is 6.61 Å². The molecular formula is C11H11NO3. The molecule has 0 spiro atoms. The van der Waals surface area contributed by atoms with Gasteiger partial charge in [-0.05, 0) is 12.1 Å². The number of methoxy groups -OCH3 is 1. The van der Waals surface area contributed by atoms with Crippen molar-refractivity contribution in [2.24, 2.45) is 0 Å². The van der Waals surface area contributed by atoms with Gasteiger partial charge in [-0.15, -0.1) is 0 Å². The SMILES string of the molecule is COc1cccc(-c2cnc(CO)o2)c1. The van der Waals surface area contributed by atoms with Crippen molar-refractivity contribution in [3.8, 4) is 17.1 Å². The molecule has 0 aliphatic heterocycles. The molecule has 0 amide bonds. The highest BCUT2D eigenvalue weighted by Gasteiger charge is 2.05. The van der Waals surface area contributed by atoms with Crippen molar-refractivity contribution >= 4 is 0 Å². The summed E-state index contributed by atoms with van der Waals surface area (Å²) in [6.45, 7) is -0.191. The number of ether oxygens (including phenoxy) is 1. The summed E-state index contributed by atoms with van der Waals surface area (Å²) < 4.78 is 10.4. The fourth-order valence-corrected chi connectivity index (χ4v) is 1.29. The Morgan fingerprint density at radius 3 is 3.00 bits per heavy atom. The van der Waals surface area contributed by atoms with E-state index in [1.807, 2.05) is 24.3 Å². The highest BCUT2D eigenvalue weighted by Crippen LogP contribution is 2.24. The Bertz CT molecular complexity index is 451. The molecule has 0 aliphatic rings. The third-order valence-electron chi connectivity index (χ3n) is 2.04. The average Bonchev–Trinajstić information content (AvgIpc) is 2.78. The van der Waals surface area contributed by atoms with E-state index in [0.29, 0.717) is 11.7 Å². The molecule has 1 heterocycles. The van der Waals surface area contributed by atoms with E-state index in [1.54, 1.807) is 13.3 Å². The van der Waals surface area contributed by atoms with Crippen LogP contribution in [0, 0.1) is 0 Å². The van der Waals surface area contributed by atoms with Crippen molar-refractivity contribution in [3.63, 3.8) is 0 Å². The van der Waals surface area contributed by atoms with Gasteiger partial charge in [0.2, 0.25) is 5.89 Å². The molecule has 0 saturated heterocycles. The standard InChI is InChI=1S/C11H11NO3/c1-14-9-4-2-3-8(5-9)10-6-12-11(7-13)15-10/h2-6,13H,7H2,1H3. The molecule has 0 unspecified atom stereocenters. The van der Waals surface area contributed by atoms with Gasteiger partial charge in [0.1, 0.15) is 12.4 Å². The van der Waals surface area contributed by atoms with Gasteiger partial charge < -0.3 is 14.3 Å². The first kappa shape index (κ1) is 9.73. The average molecular weight is 205 g/mol. The van der Waals surface area contributed by atoms with E-state index >= 15 is 0 Å². The van der Waals surface area contributed by atoms with Gasteiger partial charge in [-0.1, -0.05) is 12.1 Å². The van der Waals surface area contributed by atoms with Crippen molar-refractivity contribution in [1.82, 2.24) is 4.98 Å². The lowest BCUT2D eigenvalue weighted by atomic mass is 10.2. The zero-order chi connectivity index (χ0) is 10.7. The van der Waals surface area contributed by atoms with E-state index in [-0.39, 0.29) is 6.61 Å². The second-order valence-corrected chi connectivity index (χ2v) is 3.01. The normalized spacial score (nSPS) is 10.3. The lowest BCUT2D eigenvalue weighted by molar-refractivity contribution is 0.241. The van der Waals surface area contributed by atoms with Crippen LogP contribution in [0.5, 0.6) is 5.75 Å². The van der Waals surface area contributed by atoms with Gasteiger partial charge in [-0.3, -0.25) is 0 Å². The number of benzene rings is 1. The lowest BCUT2D eigenvalue weighted by Crippen LogP contribution is -1.82. The summed E-state index contributed by atoms with van der Waals surface area (Å²) in [6.07, 6.45) is 1.58. The minimum absolute atomic E-state index is 0.191. The van der Waals surface area contributed by atoms with Gasteiger partial charge in [-0.25, -0.2) is 4.98 Å². The summed E-state index contributed by atoms with van der Waals surface area (Å²) in [5.74, 6) is 1.69. The van der Waals surface area contributed by atoms with Gasteiger partial charge >= 0.3 is 0 Å². The van der Waals surface area contributed by atoms with E-state index in [1.165, 1.54) is 0 Å². The molecule has 0 fully saturated rings. The van der Waals surface area contributed by atoms with Crippen LogP contribution in [0.2, 0.25) is 0 Å². The summed E-state index contributed by atoms with van der Waals surface area (Å²) in [4.78, 5) is 3.91. The first-order valence-electron chi connectivity index (χ1n) is 4.53. The van der Waals surface area contributed by atoms with Crippen LogP contribution in [-0.4, -0.2) is 17.2 Å². The molecule has 2 rings (SSSR count). The van der Waals surface area contributed by atoms with Crippen molar-refractivity contribution in [2.45, 2.75) is 6.61 Å². The number of aromatic nitrogens is 1. The fraction of sp³-hybridized carbons (Fsp3) is 0.182. The minimum Gasteiger partial charge on any atom is -0.497 e. The van der Waals surface area contributed by atoms with Gasteiger partial charge in [0.05, 0.1) is 13.3 Å². The highest BCUT2D eigenvalue weighted by molar-refractivity contribution is 5.58. The third kappa shape index (κ3) is 1.99. The second-order valence-electron chi connectivity index (χ2n) is 3.01. The van der Waals surface area contributed by atoms with Gasteiger partial charge in [0.15, 0.2) is 5.76 Å². The van der Waals surface area contributed by atoms with Crippen LogP contribution in [0.3, 0.4) is 0 Å². The summed E-state index contributed by atoms with van der Waals surface area (Å²) >= 11 is 0. The Balaban J connectivity index is 2.35. The van der Waals surface area contributed by atoms with Gasteiger partial charge in [0.25, 0.3) is 0 Å². The largest absolute Gasteiger partial charge is 0.497 e. The van der Waals surface area contributed by atoms with E-state index in [0.717, 1.165) is 11.3 Å². The Labute approximate surface area is 87.1 Å². The Hall–Kier alpha value is -1.81. The van der Waals surface area contributed by atoms with Crippen molar-refractivity contribution in [3.05, 3.63) is 36.4 Å². The van der Waals surface area contributed by atoms with Crippen LogP contribution in [0.15, 0.2) is 34.9 Å². The minimum atomic E-state index is -0.191. The number of nitrogens with zero attached hydrogens (tertiary/aromatic N) is 1. The lowest BCUT2D eigenvalue weighted by Gasteiger charge is -2.00. The van der Waals surface area contributed by atoms with E-state index in [2.05, 4.69) is 4.98 Å². The molecular weight excluding hydrogens is 194 g/mol. The van der Waals surface area contributed by atoms with E-state index < -0.39 is 0 Å². The monoisotopic (exact) mass is 205 g/mol. The molecule has 78 valence electrons. The van der Waals surface area contributed by atoms with Crippen LogP contribution in [0.4, 0.5) is 0 Å². The molecule has 0 bridgehead atoms. The van der Waals surface area contributed by atoms with Crippen molar-refractivity contribution in [2.75, 3.05) is 7.11 Å². The Morgan fingerprint density at radius 1 is 1.47 bits per heavy atom. The van der Waals surface area contributed by atoms with Crippen LogP contribution in [0.25, 0.3) is 11.3 Å². The smallest absolute Gasteiger partial charge is 0.220 e. The van der Waals surface area contributed by atoms with E-state index in [4.69, 9.17) is 14.3 Å². The summed E-state index contributed by atoms with van der Waals surface area (Å²) in [7, 11) is 1.61. The predicted octanol–water partition coefficient (Wildman–Crippen LogP) is 1.84.